The quantitative estimate of drug-likeness (QED) is 0.551. The largest absolute Gasteiger partial charge is 0.480 e. The predicted molar refractivity (Wildman–Crippen MR) is 75.1 cm³/mol. The van der Waals surface area contributed by atoms with E-state index in [1.807, 2.05) is 6.92 Å². The van der Waals surface area contributed by atoms with E-state index in [2.05, 4.69) is 12.2 Å². The van der Waals surface area contributed by atoms with Crippen molar-refractivity contribution in [1.82, 2.24) is 10.2 Å². The zero-order chi connectivity index (χ0) is 15.5. The monoisotopic (exact) mass is 287 g/mol. The first-order valence-electron chi connectivity index (χ1n) is 6.93. The summed E-state index contributed by atoms with van der Waals surface area (Å²) in [5.74, 6) is -1.56. The van der Waals surface area contributed by atoms with E-state index in [1.54, 1.807) is 0 Å². The predicted octanol–water partition coefficient (Wildman–Crippen LogP) is 0.784. The Balaban J connectivity index is 4.35. The molecule has 0 aromatic rings. The molecule has 0 radical (unpaired) electrons. The molecule has 1 atom stereocenters. The van der Waals surface area contributed by atoms with Crippen molar-refractivity contribution in [3.63, 3.8) is 0 Å². The molecule has 0 aliphatic carbocycles. The molecule has 0 fully saturated rings. The fourth-order valence-corrected chi connectivity index (χ4v) is 1.84. The number of rotatable bonds is 10. The van der Waals surface area contributed by atoms with Gasteiger partial charge >= 0.3 is 12.0 Å². The molecule has 0 aromatic heterocycles. The molecule has 20 heavy (non-hydrogen) atoms. The zero-order valence-electron chi connectivity index (χ0n) is 12.2. The fourth-order valence-electron chi connectivity index (χ4n) is 1.84. The number of carboxylic acid groups (broad SMARTS) is 1. The number of urea groups is 1. The Kier molecular flexibility index (Phi) is 9.15. The molecule has 0 aromatic carbocycles. The standard InChI is InChI=1S/C13H25N3O4/c1-3-5-6-10(4-2)7-15-13(20)16(8-11(14)17)9-12(18)19/h10H,3-9H2,1-2H3,(H2,14,17)(H,15,20)(H,18,19). The minimum Gasteiger partial charge on any atom is -0.480 e. The molecule has 0 saturated heterocycles. The van der Waals surface area contributed by atoms with Crippen molar-refractivity contribution >= 4 is 17.9 Å². The van der Waals surface area contributed by atoms with Crippen LogP contribution >= 0.6 is 0 Å². The number of nitrogens with two attached hydrogens (primary N) is 1. The second-order valence-electron chi connectivity index (χ2n) is 4.82. The van der Waals surface area contributed by atoms with Gasteiger partial charge in [0.15, 0.2) is 0 Å². The van der Waals surface area contributed by atoms with Crippen LogP contribution in [0.25, 0.3) is 0 Å². The zero-order valence-corrected chi connectivity index (χ0v) is 12.2. The summed E-state index contributed by atoms with van der Waals surface area (Å²) >= 11 is 0. The van der Waals surface area contributed by atoms with Gasteiger partial charge in [0.25, 0.3) is 0 Å². The second kappa shape index (κ2) is 10.1. The first-order chi connectivity index (χ1) is 9.40. The summed E-state index contributed by atoms with van der Waals surface area (Å²) in [4.78, 5) is 34.2. The molecule has 7 heteroatoms. The van der Waals surface area contributed by atoms with Crippen LogP contribution < -0.4 is 11.1 Å². The fraction of sp³-hybridized carbons (Fsp3) is 0.769. The number of carboxylic acids is 1. The van der Waals surface area contributed by atoms with Crippen molar-refractivity contribution in [2.75, 3.05) is 19.6 Å². The maximum absolute atomic E-state index is 11.9. The molecule has 7 nitrogen and oxygen atoms in total. The Hall–Kier alpha value is -1.79. The normalized spacial score (nSPS) is 11.7. The Morgan fingerprint density at radius 1 is 1.25 bits per heavy atom. The van der Waals surface area contributed by atoms with Crippen molar-refractivity contribution in [2.24, 2.45) is 11.7 Å². The number of unbranched alkanes of at least 4 members (excludes halogenated alkanes) is 1. The van der Waals surface area contributed by atoms with E-state index >= 15 is 0 Å². The average molecular weight is 287 g/mol. The summed E-state index contributed by atoms with van der Waals surface area (Å²) in [6.45, 7) is 3.69. The minimum absolute atomic E-state index is 0.360. The van der Waals surface area contributed by atoms with Crippen LogP contribution in [0.2, 0.25) is 0 Å². The minimum atomic E-state index is -1.18. The van der Waals surface area contributed by atoms with Crippen LogP contribution in [0.15, 0.2) is 0 Å². The van der Waals surface area contributed by atoms with Crippen LogP contribution in [-0.2, 0) is 9.59 Å². The van der Waals surface area contributed by atoms with Gasteiger partial charge in [-0.2, -0.15) is 0 Å². The van der Waals surface area contributed by atoms with E-state index in [9.17, 15) is 14.4 Å². The van der Waals surface area contributed by atoms with Crippen LogP contribution in [0.5, 0.6) is 0 Å². The number of nitrogens with one attached hydrogen (secondary N) is 1. The molecule has 0 rings (SSSR count). The number of amides is 3. The molecule has 4 N–H and O–H groups in total. The van der Waals surface area contributed by atoms with Gasteiger partial charge in [-0.3, -0.25) is 9.59 Å². The van der Waals surface area contributed by atoms with Crippen LogP contribution in [0.4, 0.5) is 4.79 Å². The summed E-state index contributed by atoms with van der Waals surface area (Å²) < 4.78 is 0. The lowest BCUT2D eigenvalue weighted by atomic mass is 9.99. The molecule has 3 amide bonds. The Bertz CT molecular complexity index is 318. The summed E-state index contributed by atoms with van der Waals surface area (Å²) in [5, 5.41) is 11.4. The number of hydrogen-bond acceptors (Lipinski definition) is 3. The van der Waals surface area contributed by atoms with Crippen LogP contribution in [0.1, 0.15) is 39.5 Å². The molecule has 116 valence electrons. The van der Waals surface area contributed by atoms with Gasteiger partial charge in [-0.15, -0.1) is 0 Å². The Morgan fingerprint density at radius 2 is 1.90 bits per heavy atom. The van der Waals surface area contributed by atoms with Gasteiger partial charge < -0.3 is 21.1 Å². The Labute approximate surface area is 119 Å². The molecule has 0 heterocycles. The number of carbonyl (C=O) groups is 3. The maximum Gasteiger partial charge on any atom is 0.323 e. The molecule has 0 bridgehead atoms. The highest BCUT2D eigenvalue weighted by molar-refractivity contribution is 5.85. The van der Waals surface area contributed by atoms with E-state index in [0.717, 1.165) is 30.6 Å². The Morgan fingerprint density at radius 3 is 2.35 bits per heavy atom. The van der Waals surface area contributed by atoms with Crippen molar-refractivity contribution in [3.8, 4) is 0 Å². The topological polar surface area (TPSA) is 113 Å². The molecule has 0 saturated carbocycles. The van der Waals surface area contributed by atoms with E-state index in [1.165, 1.54) is 0 Å². The van der Waals surface area contributed by atoms with Crippen LogP contribution in [0, 0.1) is 5.92 Å². The number of carbonyl (C=O) groups excluding carboxylic acids is 2. The van der Waals surface area contributed by atoms with E-state index in [-0.39, 0.29) is 0 Å². The smallest absolute Gasteiger partial charge is 0.323 e. The number of hydrogen-bond donors (Lipinski definition) is 3. The molecule has 0 spiro atoms. The molecular formula is C13H25N3O4. The lowest BCUT2D eigenvalue weighted by Gasteiger charge is -2.22. The van der Waals surface area contributed by atoms with Crippen molar-refractivity contribution < 1.29 is 19.5 Å². The van der Waals surface area contributed by atoms with Gasteiger partial charge in [0.05, 0.1) is 0 Å². The van der Waals surface area contributed by atoms with Gasteiger partial charge in [-0.25, -0.2) is 4.79 Å². The molecule has 1 unspecified atom stereocenters. The third-order valence-corrected chi connectivity index (χ3v) is 3.05. The van der Waals surface area contributed by atoms with Gasteiger partial charge in [0, 0.05) is 6.54 Å². The van der Waals surface area contributed by atoms with E-state index in [0.29, 0.717) is 12.5 Å². The SMILES string of the molecule is CCCCC(CC)CNC(=O)N(CC(N)=O)CC(=O)O. The number of aliphatic carboxylic acids is 1. The van der Waals surface area contributed by atoms with Gasteiger partial charge in [-0.1, -0.05) is 33.1 Å². The van der Waals surface area contributed by atoms with Crippen LogP contribution in [0.3, 0.4) is 0 Å². The highest BCUT2D eigenvalue weighted by atomic mass is 16.4. The number of primary amides is 1. The summed E-state index contributed by atoms with van der Waals surface area (Å²) in [6.07, 6.45) is 4.14. The second-order valence-corrected chi connectivity index (χ2v) is 4.82. The first-order valence-corrected chi connectivity index (χ1v) is 6.93. The third-order valence-electron chi connectivity index (χ3n) is 3.05. The van der Waals surface area contributed by atoms with Gasteiger partial charge in [-0.05, 0) is 12.3 Å². The lowest BCUT2D eigenvalue weighted by Crippen LogP contribution is -2.47. The first kappa shape index (κ1) is 18.2. The van der Waals surface area contributed by atoms with Gasteiger partial charge in [0.1, 0.15) is 13.1 Å². The molecule has 0 aliphatic heterocycles. The average Bonchev–Trinajstić information content (AvgIpc) is 2.36. The van der Waals surface area contributed by atoms with Crippen LogP contribution in [-0.4, -0.2) is 47.5 Å². The molecule has 0 aliphatic rings. The van der Waals surface area contributed by atoms with Crippen molar-refractivity contribution in [3.05, 3.63) is 0 Å². The third kappa shape index (κ3) is 8.34. The van der Waals surface area contributed by atoms with E-state index < -0.39 is 31.0 Å². The van der Waals surface area contributed by atoms with E-state index in [4.69, 9.17) is 10.8 Å². The summed E-state index contributed by atoms with van der Waals surface area (Å²) in [5.41, 5.74) is 5.00. The van der Waals surface area contributed by atoms with Crippen molar-refractivity contribution in [1.29, 1.82) is 0 Å². The summed E-state index contributed by atoms with van der Waals surface area (Å²) in [7, 11) is 0. The van der Waals surface area contributed by atoms with Crippen molar-refractivity contribution in [2.45, 2.75) is 39.5 Å². The lowest BCUT2D eigenvalue weighted by molar-refractivity contribution is -0.137. The maximum atomic E-state index is 11.9. The highest BCUT2D eigenvalue weighted by Crippen LogP contribution is 2.11. The van der Waals surface area contributed by atoms with Gasteiger partial charge in [0.2, 0.25) is 5.91 Å². The molecular weight excluding hydrogens is 262 g/mol. The number of nitrogens with zero attached hydrogens (tertiary/aromatic N) is 1. The summed E-state index contributed by atoms with van der Waals surface area (Å²) in [6, 6.07) is -0.568. The highest BCUT2D eigenvalue weighted by Gasteiger charge is 2.19.